The van der Waals surface area contributed by atoms with E-state index in [0.717, 1.165) is 10.6 Å². The minimum absolute atomic E-state index is 0.0623. The fourth-order valence-electron chi connectivity index (χ4n) is 3.40. The van der Waals surface area contributed by atoms with Crippen LogP contribution in [0.1, 0.15) is 28.5 Å². The monoisotopic (exact) mass is 576 g/mol. The Labute approximate surface area is 239 Å². The van der Waals surface area contributed by atoms with Crippen molar-refractivity contribution in [3.05, 3.63) is 112 Å². The van der Waals surface area contributed by atoms with E-state index in [9.17, 15) is 14.4 Å². The summed E-state index contributed by atoms with van der Waals surface area (Å²) in [7, 11) is 0. The molecule has 0 saturated heterocycles. The van der Waals surface area contributed by atoms with Gasteiger partial charge in [0.1, 0.15) is 5.70 Å². The molecule has 4 aromatic rings. The normalized spacial score (nSPS) is 11.9. The Morgan fingerprint density at radius 2 is 1.72 bits per heavy atom. The second kappa shape index (κ2) is 13.2. The van der Waals surface area contributed by atoms with Gasteiger partial charge in [0.05, 0.1) is 10.9 Å². The highest BCUT2D eigenvalue weighted by atomic mass is 35.5. The van der Waals surface area contributed by atoms with Gasteiger partial charge in [0.15, 0.2) is 5.13 Å². The van der Waals surface area contributed by atoms with Crippen LogP contribution in [0.15, 0.2) is 94.8 Å². The summed E-state index contributed by atoms with van der Waals surface area (Å²) in [5, 5.41) is 11.0. The van der Waals surface area contributed by atoms with Gasteiger partial charge in [-0.15, -0.1) is 23.1 Å². The van der Waals surface area contributed by atoms with E-state index in [2.05, 4.69) is 20.9 Å². The molecule has 1 atom stereocenters. The number of hydrogen-bond donors (Lipinski definition) is 3. The molecular formula is C29H25ClN4O3S2. The topological polar surface area (TPSA) is 100 Å². The van der Waals surface area contributed by atoms with E-state index < -0.39 is 11.8 Å². The number of carbonyl (C=O) groups excluding carboxylic acids is 3. The Kier molecular flexibility index (Phi) is 9.54. The predicted octanol–water partition coefficient (Wildman–Crippen LogP) is 6.63. The van der Waals surface area contributed by atoms with Crippen molar-refractivity contribution in [2.75, 3.05) is 10.6 Å². The van der Waals surface area contributed by atoms with Gasteiger partial charge < -0.3 is 16.0 Å². The van der Waals surface area contributed by atoms with Gasteiger partial charge >= 0.3 is 0 Å². The fraction of sp³-hybridized carbons (Fsp3) is 0.103. The van der Waals surface area contributed by atoms with Gasteiger partial charge in [-0.25, -0.2) is 4.98 Å². The van der Waals surface area contributed by atoms with Crippen LogP contribution >= 0.6 is 34.7 Å². The Morgan fingerprint density at radius 1 is 0.974 bits per heavy atom. The number of amides is 3. The molecule has 0 spiro atoms. The third-order valence-electron chi connectivity index (χ3n) is 5.33. The van der Waals surface area contributed by atoms with Crippen molar-refractivity contribution >= 4 is 69.3 Å². The van der Waals surface area contributed by atoms with Crippen molar-refractivity contribution < 1.29 is 14.4 Å². The molecule has 1 unspecified atom stereocenters. The van der Waals surface area contributed by atoms with Gasteiger partial charge in [0, 0.05) is 26.5 Å². The van der Waals surface area contributed by atoms with E-state index in [4.69, 9.17) is 11.6 Å². The highest BCUT2D eigenvalue weighted by Gasteiger charge is 2.17. The lowest BCUT2D eigenvalue weighted by molar-refractivity contribution is -0.115. The van der Waals surface area contributed by atoms with E-state index in [1.54, 1.807) is 66.7 Å². The number of benzene rings is 3. The molecule has 4 rings (SSSR count). The van der Waals surface area contributed by atoms with Crippen molar-refractivity contribution in [1.29, 1.82) is 0 Å². The van der Waals surface area contributed by atoms with Crippen LogP contribution in [0.3, 0.4) is 0 Å². The van der Waals surface area contributed by atoms with E-state index in [0.29, 0.717) is 27.0 Å². The summed E-state index contributed by atoms with van der Waals surface area (Å²) >= 11 is 8.88. The van der Waals surface area contributed by atoms with Gasteiger partial charge in [0.2, 0.25) is 5.91 Å². The number of aryl methyl sites for hydroxylation is 1. The standard InChI is InChI=1S/C29H25ClN4O3S2/c1-18-17-38-29(31-18)34-26(35)19(2)39-24-13-11-23(12-14-24)32-28(37)25(16-20-7-6-10-22(30)15-20)33-27(36)21-8-4-3-5-9-21/h3-17,19H,1-2H3,(H,32,37)(H,33,36)(H,31,34,35)/b25-16-. The van der Waals surface area contributed by atoms with Crippen molar-refractivity contribution in [1.82, 2.24) is 10.3 Å². The molecule has 3 N–H and O–H groups in total. The Morgan fingerprint density at radius 3 is 2.38 bits per heavy atom. The number of nitrogens with zero attached hydrogens (tertiary/aromatic N) is 1. The summed E-state index contributed by atoms with van der Waals surface area (Å²) in [5.74, 6) is -1.05. The highest BCUT2D eigenvalue weighted by molar-refractivity contribution is 8.00. The van der Waals surface area contributed by atoms with Crippen LogP contribution in [0.25, 0.3) is 6.08 Å². The predicted molar refractivity (Wildman–Crippen MR) is 159 cm³/mol. The van der Waals surface area contributed by atoms with Crippen LogP contribution in [0, 0.1) is 6.92 Å². The van der Waals surface area contributed by atoms with Gasteiger partial charge in [0.25, 0.3) is 11.8 Å². The lowest BCUT2D eigenvalue weighted by atomic mass is 10.1. The summed E-state index contributed by atoms with van der Waals surface area (Å²) in [6, 6.07) is 22.7. The smallest absolute Gasteiger partial charge is 0.272 e. The molecule has 10 heteroatoms. The van der Waals surface area contributed by atoms with Gasteiger partial charge in [-0.3, -0.25) is 14.4 Å². The van der Waals surface area contributed by atoms with E-state index >= 15 is 0 Å². The Balaban J connectivity index is 1.43. The lowest BCUT2D eigenvalue weighted by Crippen LogP contribution is -2.30. The molecule has 3 aromatic carbocycles. The Hall–Kier alpha value is -3.92. The van der Waals surface area contributed by atoms with Crippen LogP contribution in [0.5, 0.6) is 0 Å². The van der Waals surface area contributed by atoms with Crippen LogP contribution in [-0.4, -0.2) is 28.0 Å². The van der Waals surface area contributed by atoms with E-state index in [-0.39, 0.29) is 16.9 Å². The first-order valence-electron chi connectivity index (χ1n) is 11.9. The number of halogens is 1. The van der Waals surface area contributed by atoms with Gasteiger partial charge in [-0.05, 0) is 74.0 Å². The molecule has 0 aliphatic carbocycles. The number of carbonyl (C=O) groups is 3. The maximum Gasteiger partial charge on any atom is 0.272 e. The van der Waals surface area contributed by atoms with E-state index in [1.165, 1.54) is 23.1 Å². The average molecular weight is 577 g/mol. The SMILES string of the molecule is Cc1csc(NC(=O)C(C)Sc2ccc(NC(=O)/C(=C/c3cccc(Cl)c3)NC(=O)c3ccccc3)cc2)n1. The van der Waals surface area contributed by atoms with Crippen LogP contribution in [0.2, 0.25) is 5.02 Å². The first-order chi connectivity index (χ1) is 18.8. The van der Waals surface area contributed by atoms with E-state index in [1.807, 2.05) is 37.4 Å². The highest BCUT2D eigenvalue weighted by Crippen LogP contribution is 2.26. The van der Waals surface area contributed by atoms with Crippen molar-refractivity contribution in [3.8, 4) is 0 Å². The number of thioether (sulfide) groups is 1. The number of nitrogens with one attached hydrogen (secondary N) is 3. The van der Waals surface area contributed by atoms with Gasteiger partial charge in [-0.1, -0.05) is 41.9 Å². The van der Waals surface area contributed by atoms with Crippen LogP contribution in [-0.2, 0) is 9.59 Å². The van der Waals surface area contributed by atoms with Crippen molar-refractivity contribution in [2.24, 2.45) is 0 Å². The molecule has 1 aromatic heterocycles. The lowest BCUT2D eigenvalue weighted by Gasteiger charge is -2.13. The largest absolute Gasteiger partial charge is 0.321 e. The number of thiazole rings is 1. The zero-order valence-corrected chi connectivity index (χ0v) is 23.5. The molecule has 0 aliphatic rings. The quantitative estimate of drug-likeness (QED) is 0.153. The number of hydrogen-bond acceptors (Lipinski definition) is 6. The zero-order valence-electron chi connectivity index (χ0n) is 21.1. The average Bonchev–Trinajstić information content (AvgIpc) is 3.34. The van der Waals surface area contributed by atoms with Crippen molar-refractivity contribution in [2.45, 2.75) is 24.0 Å². The molecule has 0 fully saturated rings. The third-order valence-corrected chi connectivity index (χ3v) is 7.55. The molecule has 0 radical (unpaired) electrons. The third kappa shape index (κ3) is 8.28. The fourth-order valence-corrected chi connectivity index (χ4v) is 5.15. The molecule has 39 heavy (non-hydrogen) atoms. The second-order valence-corrected chi connectivity index (χ2v) is 11.2. The zero-order chi connectivity index (χ0) is 27.8. The maximum absolute atomic E-state index is 13.2. The molecular weight excluding hydrogens is 552 g/mol. The summed E-state index contributed by atoms with van der Waals surface area (Å²) in [6.07, 6.45) is 1.57. The van der Waals surface area contributed by atoms with Gasteiger partial charge in [-0.2, -0.15) is 0 Å². The molecule has 3 amide bonds. The summed E-state index contributed by atoms with van der Waals surface area (Å²) < 4.78 is 0. The minimum Gasteiger partial charge on any atom is -0.321 e. The maximum atomic E-state index is 13.2. The summed E-state index contributed by atoms with van der Waals surface area (Å²) in [4.78, 5) is 43.6. The molecule has 0 saturated carbocycles. The molecule has 198 valence electrons. The molecule has 1 heterocycles. The summed E-state index contributed by atoms with van der Waals surface area (Å²) in [5.41, 5.74) is 2.54. The molecule has 7 nitrogen and oxygen atoms in total. The number of anilines is 2. The van der Waals surface area contributed by atoms with Crippen molar-refractivity contribution in [3.63, 3.8) is 0 Å². The number of rotatable bonds is 9. The molecule has 0 aliphatic heterocycles. The molecule has 0 bridgehead atoms. The Bertz CT molecular complexity index is 1500. The van der Waals surface area contributed by atoms with Crippen LogP contribution in [0.4, 0.5) is 10.8 Å². The number of aromatic nitrogens is 1. The first-order valence-corrected chi connectivity index (χ1v) is 14.1. The summed E-state index contributed by atoms with van der Waals surface area (Å²) in [6.45, 7) is 3.69. The second-order valence-electron chi connectivity index (χ2n) is 8.46. The van der Waals surface area contributed by atoms with Crippen LogP contribution < -0.4 is 16.0 Å². The minimum atomic E-state index is -0.494. The first kappa shape index (κ1) is 28.1.